The monoisotopic (exact) mass is 347 g/mol. The second-order valence-corrected chi connectivity index (χ2v) is 5.46. The molecule has 24 heavy (non-hydrogen) atoms. The quantitative estimate of drug-likeness (QED) is 0.743. The minimum Gasteiger partial charge on any atom is -0.375 e. The van der Waals surface area contributed by atoms with Gasteiger partial charge in [0.25, 0.3) is 0 Å². The summed E-state index contributed by atoms with van der Waals surface area (Å²) in [6, 6.07) is 10.2. The Hall–Kier alpha value is -2.73. The van der Waals surface area contributed by atoms with Crippen LogP contribution in [-0.4, -0.2) is 17.4 Å². The Bertz CT molecular complexity index is 900. The van der Waals surface area contributed by atoms with Crippen molar-refractivity contribution in [3.05, 3.63) is 65.3 Å². The Labute approximate surface area is 141 Å². The number of carbonyl (C=O) groups excluding carboxylic acids is 1. The van der Waals surface area contributed by atoms with E-state index in [4.69, 9.17) is 11.6 Å². The van der Waals surface area contributed by atoms with E-state index >= 15 is 0 Å². The first kappa shape index (κ1) is 16.1. The lowest BCUT2D eigenvalue weighted by atomic mass is 10.1. The summed E-state index contributed by atoms with van der Waals surface area (Å²) in [4.78, 5) is 15.8. The van der Waals surface area contributed by atoms with Crippen LogP contribution >= 0.6 is 11.6 Å². The fourth-order valence-corrected chi connectivity index (χ4v) is 2.38. The third kappa shape index (κ3) is 3.44. The van der Waals surface area contributed by atoms with Gasteiger partial charge in [0.15, 0.2) is 0 Å². The van der Waals surface area contributed by atoms with Gasteiger partial charge in [-0.25, -0.2) is 8.78 Å². The van der Waals surface area contributed by atoms with E-state index in [0.717, 1.165) is 12.1 Å². The van der Waals surface area contributed by atoms with Crippen LogP contribution in [0.3, 0.4) is 0 Å². The highest BCUT2D eigenvalue weighted by atomic mass is 35.5. The summed E-state index contributed by atoms with van der Waals surface area (Å²) in [6.07, 6.45) is 1.35. The lowest BCUT2D eigenvalue weighted by Crippen LogP contribution is -2.21. The van der Waals surface area contributed by atoms with E-state index in [1.807, 2.05) is 0 Å². The molecular weight excluding hydrogens is 336 g/mol. The van der Waals surface area contributed by atoms with Gasteiger partial charge in [-0.15, -0.1) is 0 Å². The van der Waals surface area contributed by atoms with Crippen molar-refractivity contribution in [1.82, 2.24) is 4.98 Å². The first-order chi connectivity index (χ1) is 11.5. The van der Waals surface area contributed by atoms with E-state index in [0.29, 0.717) is 16.4 Å². The van der Waals surface area contributed by atoms with Crippen molar-refractivity contribution in [3.63, 3.8) is 0 Å². The molecule has 0 aliphatic heterocycles. The average Bonchev–Trinajstić information content (AvgIpc) is 2.58. The smallest absolute Gasteiger partial charge is 0.243 e. The van der Waals surface area contributed by atoms with E-state index in [-0.39, 0.29) is 23.4 Å². The number of halogens is 3. The maximum Gasteiger partial charge on any atom is 0.243 e. The van der Waals surface area contributed by atoms with Crippen LogP contribution in [0, 0.1) is 11.6 Å². The number of nitrogens with one attached hydrogen (secondary N) is 2. The number of rotatable bonds is 4. The van der Waals surface area contributed by atoms with E-state index in [2.05, 4.69) is 15.6 Å². The van der Waals surface area contributed by atoms with Gasteiger partial charge in [0, 0.05) is 22.6 Å². The molecule has 0 unspecified atom stereocenters. The Morgan fingerprint density at radius 3 is 2.50 bits per heavy atom. The van der Waals surface area contributed by atoms with Gasteiger partial charge in [-0.1, -0.05) is 11.6 Å². The van der Waals surface area contributed by atoms with E-state index in [1.165, 1.54) is 12.3 Å². The number of fused-ring (bicyclic) bond motifs is 1. The zero-order valence-corrected chi connectivity index (χ0v) is 13.1. The Morgan fingerprint density at radius 2 is 1.75 bits per heavy atom. The predicted molar refractivity (Wildman–Crippen MR) is 90.2 cm³/mol. The normalized spacial score (nSPS) is 10.6. The number of hydrogen-bond donors (Lipinski definition) is 2. The molecule has 2 aromatic carbocycles. The van der Waals surface area contributed by atoms with Crippen molar-refractivity contribution in [3.8, 4) is 0 Å². The lowest BCUT2D eigenvalue weighted by Gasteiger charge is -2.11. The number of pyridine rings is 1. The van der Waals surface area contributed by atoms with Gasteiger partial charge in [-0.2, -0.15) is 0 Å². The SMILES string of the molecule is O=C(CNc1ccnc2c(F)ccc(F)c12)Nc1ccc(Cl)cc1. The topological polar surface area (TPSA) is 54.0 Å². The summed E-state index contributed by atoms with van der Waals surface area (Å²) in [6.45, 7) is -0.113. The number of benzene rings is 2. The highest BCUT2D eigenvalue weighted by molar-refractivity contribution is 6.30. The standard InChI is InChI=1S/C17H12ClF2N3O/c18-10-1-3-11(4-2-10)23-15(24)9-22-14-7-8-21-17-13(20)6-5-12(19)16(14)17/h1-8H,9H2,(H,21,22)(H,23,24). The van der Waals surface area contributed by atoms with Gasteiger partial charge in [-0.3, -0.25) is 9.78 Å². The molecule has 1 heterocycles. The third-order valence-corrected chi connectivity index (χ3v) is 3.61. The van der Waals surface area contributed by atoms with Crippen LogP contribution in [0.5, 0.6) is 0 Å². The Kier molecular flexibility index (Phi) is 4.57. The summed E-state index contributed by atoms with van der Waals surface area (Å²) in [5, 5.41) is 6.05. The number of amides is 1. The van der Waals surface area contributed by atoms with Crippen molar-refractivity contribution in [1.29, 1.82) is 0 Å². The van der Waals surface area contributed by atoms with Crippen molar-refractivity contribution in [2.75, 3.05) is 17.2 Å². The van der Waals surface area contributed by atoms with Crippen LogP contribution in [0.2, 0.25) is 5.02 Å². The Balaban J connectivity index is 1.75. The summed E-state index contributed by atoms with van der Waals surface area (Å²) in [5.41, 5.74) is 0.796. The maximum absolute atomic E-state index is 14.0. The van der Waals surface area contributed by atoms with Gasteiger partial charge < -0.3 is 10.6 Å². The second-order valence-electron chi connectivity index (χ2n) is 5.02. The third-order valence-electron chi connectivity index (χ3n) is 3.36. The molecule has 0 aliphatic carbocycles. The molecule has 122 valence electrons. The van der Waals surface area contributed by atoms with Crippen molar-refractivity contribution >= 4 is 39.8 Å². The fraction of sp³-hybridized carbons (Fsp3) is 0.0588. The fourth-order valence-electron chi connectivity index (χ4n) is 2.25. The number of hydrogen-bond acceptors (Lipinski definition) is 3. The van der Waals surface area contributed by atoms with Crippen molar-refractivity contribution in [2.45, 2.75) is 0 Å². The molecule has 1 aromatic heterocycles. The number of carbonyl (C=O) groups is 1. The van der Waals surface area contributed by atoms with Gasteiger partial charge in [0.2, 0.25) is 5.91 Å². The van der Waals surface area contributed by atoms with Gasteiger partial charge >= 0.3 is 0 Å². The molecule has 0 aliphatic rings. The highest BCUT2D eigenvalue weighted by Gasteiger charge is 2.12. The van der Waals surface area contributed by atoms with Crippen molar-refractivity contribution in [2.24, 2.45) is 0 Å². The van der Waals surface area contributed by atoms with E-state index in [9.17, 15) is 13.6 Å². The van der Waals surface area contributed by atoms with Crippen LogP contribution in [0.1, 0.15) is 0 Å². The lowest BCUT2D eigenvalue weighted by molar-refractivity contribution is -0.114. The molecule has 7 heteroatoms. The highest BCUT2D eigenvalue weighted by Crippen LogP contribution is 2.26. The predicted octanol–water partition coefficient (Wildman–Crippen LogP) is 4.22. The van der Waals surface area contributed by atoms with E-state index < -0.39 is 11.6 Å². The largest absolute Gasteiger partial charge is 0.375 e. The molecule has 1 amide bonds. The molecule has 4 nitrogen and oxygen atoms in total. The first-order valence-corrected chi connectivity index (χ1v) is 7.44. The first-order valence-electron chi connectivity index (χ1n) is 7.06. The van der Waals surface area contributed by atoms with Gasteiger partial charge in [0.05, 0.1) is 11.9 Å². The van der Waals surface area contributed by atoms with Crippen LogP contribution in [0.25, 0.3) is 10.9 Å². The second kappa shape index (κ2) is 6.80. The maximum atomic E-state index is 14.0. The van der Waals surface area contributed by atoms with Gasteiger partial charge in [-0.05, 0) is 42.5 Å². The summed E-state index contributed by atoms with van der Waals surface area (Å²) in [5.74, 6) is -1.57. The molecule has 0 saturated heterocycles. The minimum absolute atomic E-state index is 0.0109. The summed E-state index contributed by atoms with van der Waals surface area (Å²) >= 11 is 5.78. The molecule has 2 N–H and O–H groups in total. The summed E-state index contributed by atoms with van der Waals surface area (Å²) in [7, 11) is 0. The molecule has 0 bridgehead atoms. The minimum atomic E-state index is -0.624. The van der Waals surface area contributed by atoms with Crippen LogP contribution in [0.15, 0.2) is 48.7 Å². The number of aromatic nitrogens is 1. The zero-order valence-electron chi connectivity index (χ0n) is 12.3. The van der Waals surface area contributed by atoms with Crippen LogP contribution in [0.4, 0.5) is 20.2 Å². The van der Waals surface area contributed by atoms with Crippen molar-refractivity contribution < 1.29 is 13.6 Å². The Morgan fingerprint density at radius 1 is 1.04 bits per heavy atom. The molecular formula is C17H12ClF2N3O. The molecule has 0 radical (unpaired) electrons. The molecule has 0 spiro atoms. The van der Waals surface area contributed by atoms with Gasteiger partial charge in [0.1, 0.15) is 17.2 Å². The van der Waals surface area contributed by atoms with Crippen LogP contribution < -0.4 is 10.6 Å². The molecule has 3 rings (SSSR count). The molecule has 0 atom stereocenters. The molecule has 3 aromatic rings. The molecule has 0 saturated carbocycles. The average molecular weight is 348 g/mol. The number of nitrogens with zero attached hydrogens (tertiary/aromatic N) is 1. The summed E-state index contributed by atoms with van der Waals surface area (Å²) < 4.78 is 27.7. The number of anilines is 2. The molecule has 0 fully saturated rings. The zero-order chi connectivity index (χ0) is 17.1. The van der Waals surface area contributed by atoms with Crippen LogP contribution in [-0.2, 0) is 4.79 Å². The van der Waals surface area contributed by atoms with E-state index in [1.54, 1.807) is 24.3 Å².